The molecule has 0 bridgehead atoms. The zero-order chi connectivity index (χ0) is 16.9. The average Bonchev–Trinajstić information content (AvgIpc) is 3.10. The van der Waals surface area contributed by atoms with E-state index in [0.29, 0.717) is 30.1 Å². The molecule has 0 saturated carbocycles. The number of esters is 1. The molecule has 7 nitrogen and oxygen atoms in total. The normalized spacial score (nSPS) is 16.7. The maximum Gasteiger partial charge on any atom is 0.337 e. The lowest BCUT2D eigenvalue weighted by Gasteiger charge is -2.17. The molecule has 0 aliphatic carbocycles. The second-order valence-corrected chi connectivity index (χ2v) is 5.41. The van der Waals surface area contributed by atoms with E-state index in [0.717, 1.165) is 6.42 Å². The first-order valence-corrected chi connectivity index (χ1v) is 7.59. The van der Waals surface area contributed by atoms with Gasteiger partial charge in [-0.1, -0.05) is 0 Å². The molecule has 1 atom stereocenters. The summed E-state index contributed by atoms with van der Waals surface area (Å²) in [5, 5.41) is 7.65. The van der Waals surface area contributed by atoms with E-state index in [4.69, 9.17) is 4.74 Å². The average molecular weight is 327 g/mol. The lowest BCUT2D eigenvalue weighted by atomic mass is 10.1. The van der Waals surface area contributed by atoms with Crippen molar-refractivity contribution in [3.05, 3.63) is 53.7 Å². The molecule has 24 heavy (non-hydrogen) atoms. The highest BCUT2D eigenvalue weighted by atomic mass is 16.5. The van der Waals surface area contributed by atoms with Gasteiger partial charge in [-0.2, -0.15) is 5.10 Å². The third-order valence-electron chi connectivity index (χ3n) is 3.82. The van der Waals surface area contributed by atoms with Gasteiger partial charge in [0.05, 0.1) is 19.2 Å². The molecule has 1 aromatic carbocycles. The fourth-order valence-electron chi connectivity index (χ4n) is 2.58. The number of amides is 1. The molecule has 1 fully saturated rings. The Morgan fingerprint density at radius 1 is 1.17 bits per heavy atom. The van der Waals surface area contributed by atoms with Crippen molar-refractivity contribution in [2.45, 2.75) is 12.5 Å². The second-order valence-electron chi connectivity index (χ2n) is 5.41. The summed E-state index contributed by atoms with van der Waals surface area (Å²) in [6, 6.07) is 9.92. The predicted molar refractivity (Wildman–Crippen MR) is 84.8 cm³/mol. The van der Waals surface area contributed by atoms with Crippen molar-refractivity contribution >= 4 is 11.9 Å². The van der Waals surface area contributed by atoms with Crippen molar-refractivity contribution in [2.75, 3.05) is 20.2 Å². The maximum atomic E-state index is 12.5. The van der Waals surface area contributed by atoms with Gasteiger partial charge in [0.25, 0.3) is 5.91 Å². The molecule has 0 spiro atoms. The van der Waals surface area contributed by atoms with E-state index in [2.05, 4.69) is 14.9 Å². The lowest BCUT2D eigenvalue weighted by Crippen LogP contribution is -2.31. The summed E-state index contributed by atoms with van der Waals surface area (Å²) in [6.45, 7) is 1.11. The van der Waals surface area contributed by atoms with E-state index < -0.39 is 5.97 Å². The second kappa shape index (κ2) is 7.08. The molecule has 1 saturated heterocycles. The highest BCUT2D eigenvalue weighted by Crippen LogP contribution is 2.18. The Kier molecular flexibility index (Phi) is 4.69. The van der Waals surface area contributed by atoms with Gasteiger partial charge in [-0.15, -0.1) is 5.10 Å². The van der Waals surface area contributed by atoms with Crippen LogP contribution in [-0.4, -0.2) is 53.3 Å². The maximum absolute atomic E-state index is 12.5. The Morgan fingerprint density at radius 2 is 1.92 bits per heavy atom. The SMILES string of the molecule is COC(=O)c1ccc(C(=O)N2CCC(Oc3cccnn3)C2)cc1. The first-order chi connectivity index (χ1) is 11.7. The number of likely N-dealkylation sites (tertiary alicyclic amines) is 1. The molecule has 2 heterocycles. The predicted octanol–water partition coefficient (Wildman–Crippen LogP) is 1.56. The Morgan fingerprint density at radius 3 is 2.58 bits per heavy atom. The zero-order valence-corrected chi connectivity index (χ0v) is 13.2. The van der Waals surface area contributed by atoms with E-state index in [1.165, 1.54) is 7.11 Å². The number of benzene rings is 1. The summed E-state index contributed by atoms with van der Waals surface area (Å²) < 4.78 is 10.4. The Balaban J connectivity index is 1.61. The van der Waals surface area contributed by atoms with Gasteiger partial charge >= 0.3 is 5.97 Å². The minimum absolute atomic E-state index is 0.0864. The number of carbonyl (C=O) groups is 2. The van der Waals surface area contributed by atoms with Crippen LogP contribution in [0.25, 0.3) is 0 Å². The molecule has 7 heteroatoms. The van der Waals surface area contributed by atoms with Crippen LogP contribution in [-0.2, 0) is 4.74 Å². The van der Waals surface area contributed by atoms with Crippen LogP contribution in [0, 0.1) is 0 Å². The minimum Gasteiger partial charge on any atom is -0.471 e. The van der Waals surface area contributed by atoms with Gasteiger partial charge in [0.15, 0.2) is 0 Å². The molecule has 1 aliphatic heterocycles. The molecule has 124 valence electrons. The third-order valence-corrected chi connectivity index (χ3v) is 3.82. The van der Waals surface area contributed by atoms with Gasteiger partial charge in [-0.05, 0) is 30.3 Å². The summed E-state index contributed by atoms with van der Waals surface area (Å²) >= 11 is 0. The highest BCUT2D eigenvalue weighted by Gasteiger charge is 2.28. The lowest BCUT2D eigenvalue weighted by molar-refractivity contribution is 0.0600. The molecule has 0 N–H and O–H groups in total. The van der Waals surface area contributed by atoms with Crippen LogP contribution in [0.4, 0.5) is 0 Å². The fourth-order valence-corrected chi connectivity index (χ4v) is 2.58. The number of nitrogens with zero attached hydrogens (tertiary/aromatic N) is 3. The summed E-state index contributed by atoms with van der Waals surface area (Å²) in [5.74, 6) is -0.0523. The summed E-state index contributed by atoms with van der Waals surface area (Å²) in [7, 11) is 1.32. The number of carbonyl (C=O) groups excluding carboxylic acids is 2. The van der Waals surface area contributed by atoms with Crippen LogP contribution in [0.3, 0.4) is 0 Å². The number of hydrogen-bond acceptors (Lipinski definition) is 6. The van der Waals surface area contributed by atoms with Crippen LogP contribution >= 0.6 is 0 Å². The van der Waals surface area contributed by atoms with Gasteiger partial charge in [0.1, 0.15) is 6.10 Å². The van der Waals surface area contributed by atoms with Gasteiger partial charge < -0.3 is 14.4 Å². The Bertz CT molecular complexity index is 718. The molecule has 1 amide bonds. The van der Waals surface area contributed by atoms with Gasteiger partial charge in [-0.25, -0.2) is 4.79 Å². The number of hydrogen-bond donors (Lipinski definition) is 0. The van der Waals surface area contributed by atoms with E-state index in [1.54, 1.807) is 47.5 Å². The van der Waals surface area contributed by atoms with Crippen LogP contribution < -0.4 is 4.74 Å². The zero-order valence-electron chi connectivity index (χ0n) is 13.2. The Labute approximate surface area is 139 Å². The minimum atomic E-state index is -0.424. The van der Waals surface area contributed by atoms with E-state index in [9.17, 15) is 9.59 Å². The molecule has 2 aromatic rings. The van der Waals surface area contributed by atoms with Gasteiger partial charge in [0.2, 0.25) is 5.88 Å². The van der Waals surface area contributed by atoms with Crippen molar-refractivity contribution in [1.29, 1.82) is 0 Å². The summed E-state index contributed by atoms with van der Waals surface area (Å²) in [5.41, 5.74) is 0.946. The smallest absolute Gasteiger partial charge is 0.337 e. The van der Waals surface area contributed by atoms with E-state index in [-0.39, 0.29) is 12.0 Å². The monoisotopic (exact) mass is 327 g/mol. The number of rotatable bonds is 4. The van der Waals surface area contributed by atoms with Crippen molar-refractivity contribution in [2.24, 2.45) is 0 Å². The van der Waals surface area contributed by atoms with Crippen molar-refractivity contribution in [1.82, 2.24) is 15.1 Å². The molecule has 0 radical (unpaired) electrons. The number of methoxy groups -OCH3 is 1. The Hall–Kier alpha value is -2.96. The van der Waals surface area contributed by atoms with Crippen molar-refractivity contribution < 1.29 is 19.1 Å². The third kappa shape index (κ3) is 3.51. The molecule has 3 rings (SSSR count). The highest BCUT2D eigenvalue weighted by molar-refractivity contribution is 5.96. The molecule has 1 unspecified atom stereocenters. The fraction of sp³-hybridized carbons (Fsp3) is 0.294. The van der Waals surface area contributed by atoms with Gasteiger partial charge in [0, 0.05) is 30.8 Å². The van der Waals surface area contributed by atoms with Gasteiger partial charge in [-0.3, -0.25) is 4.79 Å². The van der Waals surface area contributed by atoms with Crippen molar-refractivity contribution in [3.8, 4) is 5.88 Å². The number of ether oxygens (including phenoxy) is 2. The first kappa shape index (κ1) is 15.9. The van der Waals surface area contributed by atoms with Crippen LogP contribution in [0.1, 0.15) is 27.1 Å². The van der Waals surface area contributed by atoms with Crippen LogP contribution in [0.5, 0.6) is 5.88 Å². The van der Waals surface area contributed by atoms with Crippen molar-refractivity contribution in [3.63, 3.8) is 0 Å². The topological polar surface area (TPSA) is 81.6 Å². The van der Waals surface area contributed by atoms with Crippen LogP contribution in [0.2, 0.25) is 0 Å². The van der Waals surface area contributed by atoms with E-state index >= 15 is 0 Å². The molecular weight excluding hydrogens is 310 g/mol. The largest absolute Gasteiger partial charge is 0.471 e. The van der Waals surface area contributed by atoms with Crippen LogP contribution in [0.15, 0.2) is 42.6 Å². The molecule has 1 aliphatic rings. The standard InChI is InChI=1S/C17H17N3O4/c1-23-17(22)13-6-4-12(5-7-13)16(21)20-10-8-14(11-20)24-15-3-2-9-18-19-15/h2-7,9,14H,8,10-11H2,1H3. The quantitative estimate of drug-likeness (QED) is 0.793. The summed E-state index contributed by atoms with van der Waals surface area (Å²) in [6.07, 6.45) is 2.22. The molecule has 1 aromatic heterocycles. The number of aromatic nitrogens is 2. The first-order valence-electron chi connectivity index (χ1n) is 7.59. The van der Waals surface area contributed by atoms with E-state index in [1.807, 2.05) is 0 Å². The summed E-state index contributed by atoms with van der Waals surface area (Å²) in [4.78, 5) is 25.7. The molecular formula is C17H17N3O4.